The van der Waals surface area contributed by atoms with E-state index in [1.165, 1.54) is 0 Å². The first-order valence-corrected chi connectivity index (χ1v) is 8.62. The molecule has 0 spiro atoms. The maximum atomic E-state index is 13.4. The van der Waals surface area contributed by atoms with E-state index in [4.69, 9.17) is 0 Å². The van der Waals surface area contributed by atoms with Gasteiger partial charge in [0.15, 0.2) is 17.1 Å². The predicted molar refractivity (Wildman–Crippen MR) is 106 cm³/mol. The molecule has 140 valence electrons. The molecular formula is C20H18N6O2. The van der Waals surface area contributed by atoms with E-state index >= 15 is 0 Å². The molecule has 2 aromatic carbocycles. The topological polar surface area (TPSA) is 102 Å². The Hall–Kier alpha value is -3.78. The van der Waals surface area contributed by atoms with Crippen molar-refractivity contribution in [3.8, 4) is 11.4 Å². The van der Waals surface area contributed by atoms with Crippen molar-refractivity contribution in [2.24, 2.45) is 7.05 Å². The smallest absolute Gasteiger partial charge is 0.337 e. The molecule has 0 atom stereocenters. The van der Waals surface area contributed by atoms with Gasteiger partial charge in [-0.1, -0.05) is 60.7 Å². The Bertz CT molecular complexity index is 1320. The van der Waals surface area contributed by atoms with E-state index in [0.717, 1.165) is 16.6 Å². The summed E-state index contributed by atoms with van der Waals surface area (Å²) >= 11 is 0. The van der Waals surface area contributed by atoms with Crippen molar-refractivity contribution < 1.29 is 5.48 Å². The minimum atomic E-state index is -0.205. The number of imidazole rings is 1. The third-order valence-electron chi connectivity index (χ3n) is 4.69. The summed E-state index contributed by atoms with van der Waals surface area (Å²) in [4.78, 5) is 17.9. The molecule has 0 radical (unpaired) electrons. The number of benzene rings is 2. The largest absolute Gasteiger partial charge is 0.412 e. The number of rotatable bonds is 3. The van der Waals surface area contributed by atoms with Crippen molar-refractivity contribution in [1.29, 1.82) is 0 Å². The number of fused-ring (bicyclic) bond motifs is 3. The lowest BCUT2D eigenvalue weighted by atomic mass is 10.2. The van der Waals surface area contributed by atoms with Crippen LogP contribution in [-0.2, 0) is 13.6 Å². The van der Waals surface area contributed by atoms with E-state index in [0.29, 0.717) is 23.7 Å². The van der Waals surface area contributed by atoms with Gasteiger partial charge in [-0.3, -0.25) is 4.57 Å². The van der Waals surface area contributed by atoms with Crippen molar-refractivity contribution in [2.75, 3.05) is 0 Å². The molecule has 3 aromatic heterocycles. The summed E-state index contributed by atoms with van der Waals surface area (Å²) in [6.07, 6.45) is 1.70. The first kappa shape index (κ1) is 17.6. The molecular weight excluding hydrogens is 356 g/mol. The van der Waals surface area contributed by atoms with Crippen LogP contribution in [0, 0.1) is 0 Å². The highest BCUT2D eigenvalue weighted by Gasteiger charge is 2.20. The minimum Gasteiger partial charge on any atom is -0.412 e. The van der Waals surface area contributed by atoms with Gasteiger partial charge in [-0.25, -0.2) is 14.2 Å². The van der Waals surface area contributed by atoms with Gasteiger partial charge < -0.3 is 10.0 Å². The molecule has 0 aliphatic heterocycles. The van der Waals surface area contributed by atoms with Crippen molar-refractivity contribution in [3.05, 3.63) is 83.0 Å². The zero-order valence-electron chi connectivity index (χ0n) is 15.1. The number of nitrogens with zero attached hydrogens (tertiary/aromatic N) is 6. The number of hydrogen-bond acceptors (Lipinski definition) is 4. The fraction of sp³-hybridized carbons (Fsp3) is 0.100. The van der Waals surface area contributed by atoms with Gasteiger partial charge in [0.1, 0.15) is 5.52 Å². The monoisotopic (exact) mass is 374 g/mol. The summed E-state index contributed by atoms with van der Waals surface area (Å²) in [7, 11) is 1.89. The Morgan fingerprint density at radius 2 is 1.57 bits per heavy atom. The van der Waals surface area contributed by atoms with Crippen molar-refractivity contribution in [3.63, 3.8) is 0 Å². The molecule has 8 nitrogen and oxygen atoms in total. The van der Waals surface area contributed by atoms with Crippen LogP contribution in [-0.4, -0.2) is 34.2 Å². The van der Waals surface area contributed by atoms with Gasteiger partial charge in [0.05, 0.1) is 12.9 Å². The van der Waals surface area contributed by atoms with Gasteiger partial charge >= 0.3 is 5.69 Å². The molecule has 0 saturated heterocycles. The second kappa shape index (κ2) is 6.75. The van der Waals surface area contributed by atoms with E-state index in [9.17, 15) is 4.79 Å². The maximum absolute atomic E-state index is 13.4. The van der Waals surface area contributed by atoms with Crippen LogP contribution in [0.5, 0.6) is 0 Å². The maximum Gasteiger partial charge on any atom is 0.337 e. The van der Waals surface area contributed by atoms with Crippen LogP contribution < -0.4 is 5.69 Å². The van der Waals surface area contributed by atoms with Crippen LogP contribution in [0.4, 0.5) is 0 Å². The minimum absolute atomic E-state index is 0. The van der Waals surface area contributed by atoms with Crippen molar-refractivity contribution in [2.45, 2.75) is 6.54 Å². The Balaban J connectivity index is 0.00000192. The normalized spacial score (nSPS) is 11.0. The summed E-state index contributed by atoms with van der Waals surface area (Å²) in [5.41, 5.74) is 3.56. The zero-order valence-corrected chi connectivity index (χ0v) is 15.1. The van der Waals surface area contributed by atoms with E-state index in [1.807, 2.05) is 72.3 Å². The Morgan fingerprint density at radius 3 is 2.29 bits per heavy atom. The molecule has 0 amide bonds. The summed E-state index contributed by atoms with van der Waals surface area (Å²) in [6.45, 7) is 0.426. The highest BCUT2D eigenvalue weighted by Crippen LogP contribution is 2.21. The first-order chi connectivity index (χ1) is 13.2. The lowest BCUT2D eigenvalue weighted by molar-refractivity contribution is 0.740. The first-order valence-electron chi connectivity index (χ1n) is 8.62. The Kier molecular flexibility index (Phi) is 4.25. The summed E-state index contributed by atoms with van der Waals surface area (Å²) in [6, 6.07) is 19.5. The lowest BCUT2D eigenvalue weighted by Gasteiger charge is -2.09. The molecule has 0 aliphatic carbocycles. The molecule has 5 rings (SSSR count). The molecule has 0 aliphatic rings. The highest BCUT2D eigenvalue weighted by atomic mass is 16.1. The van der Waals surface area contributed by atoms with Crippen LogP contribution in [0.25, 0.3) is 28.2 Å². The van der Waals surface area contributed by atoms with E-state index in [2.05, 4.69) is 15.2 Å². The molecule has 0 bridgehead atoms. The number of hydrogen-bond donors (Lipinski definition) is 0. The van der Waals surface area contributed by atoms with Crippen LogP contribution in [0.3, 0.4) is 0 Å². The molecule has 2 N–H and O–H groups in total. The van der Waals surface area contributed by atoms with Crippen molar-refractivity contribution in [1.82, 2.24) is 28.7 Å². The van der Waals surface area contributed by atoms with Crippen LogP contribution in [0.15, 0.2) is 71.8 Å². The standard InChI is InChI=1S/C20H16N6O.H2O/c1-24-13-21-18-16(24)19-23-22-17(15-10-6-3-7-11-15)26(19)20(27)25(18)12-14-8-4-2-5-9-14;/h2-11,13H,12H2,1H3;1H2. The van der Waals surface area contributed by atoms with Crippen LogP contribution >= 0.6 is 0 Å². The summed E-state index contributed by atoms with van der Waals surface area (Å²) in [5.74, 6) is 0.528. The third-order valence-corrected chi connectivity index (χ3v) is 4.69. The fourth-order valence-electron chi connectivity index (χ4n) is 3.39. The van der Waals surface area contributed by atoms with Gasteiger partial charge in [0.2, 0.25) is 0 Å². The molecule has 8 heteroatoms. The second-order valence-electron chi connectivity index (χ2n) is 6.43. The highest BCUT2D eigenvalue weighted by molar-refractivity contribution is 5.87. The zero-order chi connectivity index (χ0) is 18.4. The van der Waals surface area contributed by atoms with Gasteiger partial charge in [0, 0.05) is 12.6 Å². The van der Waals surface area contributed by atoms with E-state index in [-0.39, 0.29) is 11.2 Å². The molecule has 28 heavy (non-hydrogen) atoms. The summed E-state index contributed by atoms with van der Waals surface area (Å²) < 4.78 is 5.12. The Morgan fingerprint density at radius 1 is 0.893 bits per heavy atom. The fourth-order valence-corrected chi connectivity index (χ4v) is 3.39. The summed E-state index contributed by atoms with van der Waals surface area (Å²) in [5, 5.41) is 8.61. The van der Waals surface area contributed by atoms with Crippen LogP contribution in [0.2, 0.25) is 0 Å². The molecule has 0 unspecified atom stereocenters. The average molecular weight is 374 g/mol. The molecule has 0 fully saturated rings. The quantitative estimate of drug-likeness (QED) is 0.479. The lowest BCUT2D eigenvalue weighted by Crippen LogP contribution is -2.28. The van der Waals surface area contributed by atoms with Gasteiger partial charge in [-0.2, -0.15) is 0 Å². The Labute approximate surface area is 159 Å². The second-order valence-corrected chi connectivity index (χ2v) is 6.43. The predicted octanol–water partition coefficient (Wildman–Crippen LogP) is 1.67. The number of aromatic nitrogens is 6. The van der Waals surface area contributed by atoms with E-state index < -0.39 is 0 Å². The average Bonchev–Trinajstić information content (AvgIpc) is 3.30. The van der Waals surface area contributed by atoms with Crippen LogP contribution in [0.1, 0.15) is 5.56 Å². The SMILES string of the molecule is Cn1cnc2c1c1nnc(-c3ccccc3)n1c(=O)n2Cc1ccccc1.O. The van der Waals surface area contributed by atoms with E-state index in [1.54, 1.807) is 15.3 Å². The molecule has 5 aromatic rings. The van der Waals surface area contributed by atoms with Gasteiger partial charge in [0.25, 0.3) is 0 Å². The van der Waals surface area contributed by atoms with Gasteiger partial charge in [-0.05, 0) is 5.56 Å². The van der Waals surface area contributed by atoms with Gasteiger partial charge in [-0.15, -0.1) is 10.2 Å². The molecule has 0 saturated carbocycles. The molecule has 3 heterocycles. The number of aryl methyl sites for hydroxylation is 1. The van der Waals surface area contributed by atoms with Crippen molar-refractivity contribution >= 4 is 16.8 Å². The third kappa shape index (κ3) is 2.58.